The molecule has 1 N–H and O–H groups in total. The van der Waals surface area contributed by atoms with Crippen LogP contribution in [0.5, 0.6) is 0 Å². The number of nitrogens with zero attached hydrogens (tertiary/aromatic N) is 5. The Hall–Kier alpha value is -2.88. The Morgan fingerprint density at radius 2 is 1.96 bits per heavy atom. The summed E-state index contributed by atoms with van der Waals surface area (Å²) in [6, 6.07) is 2.28. The van der Waals surface area contributed by atoms with Gasteiger partial charge in [-0.2, -0.15) is 20.0 Å². The van der Waals surface area contributed by atoms with Crippen LogP contribution in [0.1, 0.15) is 50.8 Å². The summed E-state index contributed by atoms with van der Waals surface area (Å²) in [7, 11) is 0. The zero-order valence-corrected chi connectivity index (χ0v) is 13.5. The number of nitriles is 1. The molecule has 3 heterocycles. The van der Waals surface area contributed by atoms with E-state index < -0.39 is 0 Å². The van der Waals surface area contributed by atoms with Crippen LogP contribution in [-0.2, 0) is 0 Å². The second kappa shape index (κ2) is 5.39. The van der Waals surface area contributed by atoms with Crippen LogP contribution in [0.3, 0.4) is 0 Å². The number of rotatable bonds is 3. The van der Waals surface area contributed by atoms with Crippen molar-refractivity contribution in [3.63, 3.8) is 0 Å². The van der Waals surface area contributed by atoms with Gasteiger partial charge in [0.25, 0.3) is 5.56 Å². The van der Waals surface area contributed by atoms with Crippen LogP contribution in [0.25, 0.3) is 16.9 Å². The zero-order chi connectivity index (χ0) is 16.7. The summed E-state index contributed by atoms with van der Waals surface area (Å²) in [5.74, 6) is 0.00952. The highest BCUT2D eigenvalue weighted by molar-refractivity contribution is 5.67. The van der Waals surface area contributed by atoms with Crippen LogP contribution < -0.4 is 5.56 Å². The lowest BCUT2D eigenvalue weighted by Crippen LogP contribution is -2.22. The summed E-state index contributed by atoms with van der Waals surface area (Å²) in [5, 5.41) is 17.6. The average molecular weight is 310 g/mol. The molecular formula is C16H18N6O. The number of H-pyrrole nitrogens is 1. The van der Waals surface area contributed by atoms with Crippen LogP contribution >= 0.6 is 0 Å². The highest BCUT2D eigenvalue weighted by atomic mass is 16.1. The average Bonchev–Trinajstić information content (AvgIpc) is 3.13. The molecular weight excluding hydrogens is 292 g/mol. The molecule has 0 unspecified atom stereocenters. The Morgan fingerprint density at radius 3 is 2.52 bits per heavy atom. The number of aromatic amines is 1. The monoisotopic (exact) mass is 310 g/mol. The lowest BCUT2D eigenvalue weighted by atomic mass is 10.00. The lowest BCUT2D eigenvalue weighted by molar-refractivity contribution is 0.532. The maximum atomic E-state index is 12.8. The van der Waals surface area contributed by atoms with Crippen molar-refractivity contribution in [2.75, 3.05) is 0 Å². The normalized spacial score (nSPS) is 11.5. The summed E-state index contributed by atoms with van der Waals surface area (Å²) in [6.45, 7) is 8.00. The van der Waals surface area contributed by atoms with E-state index in [1.165, 1.54) is 10.7 Å². The third-order valence-electron chi connectivity index (χ3n) is 3.82. The molecule has 118 valence electrons. The molecule has 0 atom stereocenters. The summed E-state index contributed by atoms with van der Waals surface area (Å²) in [6.07, 6.45) is 5.04. The predicted octanol–water partition coefficient (Wildman–Crippen LogP) is 2.46. The number of aromatic nitrogens is 5. The first-order valence-corrected chi connectivity index (χ1v) is 7.52. The molecule has 0 radical (unpaired) electrons. The minimum atomic E-state index is -0.206. The van der Waals surface area contributed by atoms with E-state index in [0.29, 0.717) is 22.5 Å². The number of hydrogen-bond acceptors (Lipinski definition) is 4. The summed E-state index contributed by atoms with van der Waals surface area (Å²) in [4.78, 5) is 16.0. The molecule has 3 rings (SSSR count). The Labute approximate surface area is 133 Å². The Balaban J connectivity index is 2.35. The zero-order valence-electron chi connectivity index (χ0n) is 13.5. The van der Waals surface area contributed by atoms with Gasteiger partial charge in [-0.3, -0.25) is 9.48 Å². The molecule has 3 aromatic heterocycles. The molecule has 23 heavy (non-hydrogen) atoms. The molecule has 0 aromatic carbocycles. The third kappa shape index (κ3) is 2.32. The van der Waals surface area contributed by atoms with Gasteiger partial charge in [-0.15, -0.1) is 0 Å². The van der Waals surface area contributed by atoms with Gasteiger partial charge in [0.15, 0.2) is 5.65 Å². The van der Waals surface area contributed by atoms with Crippen molar-refractivity contribution in [2.45, 2.75) is 39.7 Å². The van der Waals surface area contributed by atoms with Crippen molar-refractivity contribution in [3.05, 3.63) is 40.1 Å². The van der Waals surface area contributed by atoms with Crippen LogP contribution in [0, 0.1) is 11.3 Å². The molecule has 0 amide bonds. The number of hydrogen-bond donors (Lipinski definition) is 1. The van der Waals surface area contributed by atoms with Gasteiger partial charge in [-0.1, -0.05) is 13.8 Å². The van der Waals surface area contributed by atoms with E-state index in [0.717, 1.165) is 5.56 Å². The van der Waals surface area contributed by atoms with E-state index in [1.807, 2.05) is 38.6 Å². The van der Waals surface area contributed by atoms with Gasteiger partial charge in [0.05, 0.1) is 18.1 Å². The van der Waals surface area contributed by atoms with E-state index in [4.69, 9.17) is 0 Å². The standard InChI is InChI=1S/C16H18N6O/c1-9(2)13-14(12-7-18-21(8-12)10(3)4)20-15-11(5-17)6-19-22(15)16(13)23/h6-10,20H,1-4H3. The van der Waals surface area contributed by atoms with E-state index in [1.54, 1.807) is 6.20 Å². The van der Waals surface area contributed by atoms with Gasteiger partial charge in [0.1, 0.15) is 11.6 Å². The van der Waals surface area contributed by atoms with E-state index in [2.05, 4.69) is 21.3 Å². The molecule has 0 aliphatic rings. The van der Waals surface area contributed by atoms with Crippen LogP contribution in [0.4, 0.5) is 0 Å². The van der Waals surface area contributed by atoms with Crippen molar-refractivity contribution < 1.29 is 0 Å². The lowest BCUT2D eigenvalue weighted by Gasteiger charge is -2.11. The molecule has 7 nitrogen and oxygen atoms in total. The number of fused-ring (bicyclic) bond motifs is 1. The van der Waals surface area contributed by atoms with Crippen molar-refractivity contribution >= 4 is 5.65 Å². The molecule has 0 aliphatic carbocycles. The Kier molecular flexibility index (Phi) is 3.52. The molecule has 7 heteroatoms. The third-order valence-corrected chi connectivity index (χ3v) is 3.82. The molecule has 0 spiro atoms. The molecule has 0 fully saturated rings. The van der Waals surface area contributed by atoms with Crippen molar-refractivity contribution in [2.24, 2.45) is 0 Å². The molecule has 0 bridgehead atoms. The van der Waals surface area contributed by atoms with Crippen LogP contribution in [0.15, 0.2) is 23.4 Å². The Bertz CT molecular complexity index is 967. The van der Waals surface area contributed by atoms with Gasteiger partial charge in [0, 0.05) is 23.4 Å². The second-order valence-corrected chi connectivity index (χ2v) is 6.11. The highest BCUT2D eigenvalue weighted by Gasteiger charge is 2.20. The largest absolute Gasteiger partial charge is 0.338 e. The molecule has 0 aliphatic heterocycles. The maximum absolute atomic E-state index is 12.8. The molecule has 3 aromatic rings. The van der Waals surface area contributed by atoms with Crippen molar-refractivity contribution in [1.82, 2.24) is 24.4 Å². The fourth-order valence-electron chi connectivity index (χ4n) is 2.62. The SMILES string of the molecule is CC(C)c1c(-c2cnn(C(C)C)c2)[nH]c2c(C#N)cnn2c1=O. The first kappa shape index (κ1) is 15.0. The first-order chi connectivity index (χ1) is 10.9. The summed E-state index contributed by atoms with van der Waals surface area (Å²) < 4.78 is 3.09. The van der Waals surface area contributed by atoms with E-state index in [-0.39, 0.29) is 17.5 Å². The van der Waals surface area contributed by atoms with Gasteiger partial charge >= 0.3 is 0 Å². The summed E-state index contributed by atoms with van der Waals surface area (Å²) in [5.41, 5.74) is 2.70. The van der Waals surface area contributed by atoms with Crippen molar-refractivity contribution in [3.8, 4) is 17.3 Å². The first-order valence-electron chi connectivity index (χ1n) is 7.52. The second-order valence-electron chi connectivity index (χ2n) is 6.11. The van der Waals surface area contributed by atoms with E-state index in [9.17, 15) is 10.1 Å². The van der Waals surface area contributed by atoms with E-state index >= 15 is 0 Å². The van der Waals surface area contributed by atoms with Crippen molar-refractivity contribution in [1.29, 1.82) is 5.26 Å². The van der Waals surface area contributed by atoms with Crippen LogP contribution in [-0.4, -0.2) is 24.4 Å². The predicted molar refractivity (Wildman–Crippen MR) is 86.2 cm³/mol. The summed E-state index contributed by atoms with van der Waals surface area (Å²) >= 11 is 0. The number of nitrogens with one attached hydrogen (secondary N) is 1. The van der Waals surface area contributed by atoms with Crippen LogP contribution in [0.2, 0.25) is 0 Å². The minimum Gasteiger partial charge on any atom is -0.338 e. The fourth-order valence-corrected chi connectivity index (χ4v) is 2.62. The molecule has 0 saturated heterocycles. The van der Waals surface area contributed by atoms with Gasteiger partial charge < -0.3 is 4.98 Å². The van der Waals surface area contributed by atoms with Gasteiger partial charge in [0.2, 0.25) is 0 Å². The topological polar surface area (TPSA) is 91.8 Å². The van der Waals surface area contributed by atoms with Gasteiger partial charge in [-0.25, -0.2) is 0 Å². The Morgan fingerprint density at radius 1 is 1.22 bits per heavy atom. The molecule has 0 saturated carbocycles. The highest BCUT2D eigenvalue weighted by Crippen LogP contribution is 2.26. The van der Waals surface area contributed by atoms with Gasteiger partial charge in [-0.05, 0) is 19.8 Å². The smallest absolute Gasteiger partial charge is 0.278 e. The fraction of sp³-hybridized carbons (Fsp3) is 0.375. The maximum Gasteiger partial charge on any atom is 0.278 e. The quantitative estimate of drug-likeness (QED) is 0.804. The minimum absolute atomic E-state index is 0.00952.